The normalized spacial score (nSPS) is 29.3. The van der Waals surface area contributed by atoms with Gasteiger partial charge in [-0.15, -0.1) is 0 Å². The van der Waals surface area contributed by atoms with Crippen LogP contribution in [0.5, 0.6) is 0 Å². The Labute approximate surface area is 148 Å². The van der Waals surface area contributed by atoms with Crippen molar-refractivity contribution in [2.75, 3.05) is 0 Å². The van der Waals surface area contributed by atoms with Gasteiger partial charge in [0.2, 0.25) is 0 Å². The molecule has 2 bridgehead atoms. The van der Waals surface area contributed by atoms with E-state index < -0.39 is 0 Å². The van der Waals surface area contributed by atoms with Crippen molar-refractivity contribution < 1.29 is 18.4 Å². The first-order valence-electron chi connectivity index (χ1n) is 8.58. The van der Waals surface area contributed by atoms with Crippen LogP contribution in [-0.2, 0) is 9.59 Å². The SMILES string of the molecule is O=C1[C@@H]2[C@H](C(=O)N1N=Cc1ccc(-c3ccc(F)cc3)o1)[C@H]1C=C[C@H]2C1. The van der Waals surface area contributed by atoms with Crippen molar-refractivity contribution in [3.63, 3.8) is 0 Å². The number of hydrazone groups is 1. The molecule has 0 radical (unpaired) electrons. The molecule has 2 amide bonds. The predicted molar refractivity (Wildman–Crippen MR) is 91.3 cm³/mol. The maximum atomic E-state index is 13.0. The van der Waals surface area contributed by atoms with E-state index in [-0.39, 0.29) is 41.3 Å². The fraction of sp³-hybridized carbons (Fsp3) is 0.250. The molecule has 130 valence electrons. The minimum Gasteiger partial charge on any atom is -0.455 e. The summed E-state index contributed by atoms with van der Waals surface area (Å²) in [6.07, 6.45) is 6.36. The molecular weight excluding hydrogens is 335 g/mol. The third kappa shape index (κ3) is 2.18. The topological polar surface area (TPSA) is 62.9 Å². The molecule has 0 unspecified atom stereocenters. The van der Waals surface area contributed by atoms with E-state index in [0.717, 1.165) is 17.0 Å². The Morgan fingerprint density at radius 1 is 1.00 bits per heavy atom. The number of benzene rings is 1. The van der Waals surface area contributed by atoms with E-state index in [2.05, 4.69) is 5.10 Å². The molecule has 1 aliphatic heterocycles. The van der Waals surface area contributed by atoms with Gasteiger partial charge in [-0.1, -0.05) is 12.2 Å². The first kappa shape index (κ1) is 15.3. The van der Waals surface area contributed by atoms with Gasteiger partial charge >= 0.3 is 0 Å². The number of allylic oxidation sites excluding steroid dienone is 2. The van der Waals surface area contributed by atoms with E-state index in [0.29, 0.717) is 11.5 Å². The number of carbonyl (C=O) groups excluding carboxylic acids is 2. The van der Waals surface area contributed by atoms with Crippen LogP contribution in [0.25, 0.3) is 11.3 Å². The molecule has 26 heavy (non-hydrogen) atoms. The minimum absolute atomic E-state index is 0.162. The van der Waals surface area contributed by atoms with Gasteiger partial charge in [0, 0.05) is 5.56 Å². The number of carbonyl (C=O) groups is 2. The van der Waals surface area contributed by atoms with Crippen molar-refractivity contribution in [2.24, 2.45) is 28.8 Å². The first-order chi connectivity index (χ1) is 12.6. The molecule has 2 aromatic rings. The Morgan fingerprint density at radius 2 is 1.65 bits per heavy atom. The van der Waals surface area contributed by atoms with Crippen LogP contribution < -0.4 is 0 Å². The van der Waals surface area contributed by atoms with E-state index in [9.17, 15) is 14.0 Å². The third-order valence-corrected chi connectivity index (χ3v) is 5.50. The van der Waals surface area contributed by atoms with Gasteiger partial charge in [0.05, 0.1) is 18.1 Å². The summed E-state index contributed by atoms with van der Waals surface area (Å²) in [5, 5.41) is 5.07. The summed E-state index contributed by atoms with van der Waals surface area (Å²) in [7, 11) is 0. The molecule has 1 aromatic carbocycles. The molecule has 1 saturated carbocycles. The number of amides is 2. The predicted octanol–water partition coefficient (Wildman–Crippen LogP) is 3.23. The molecule has 1 aromatic heterocycles. The molecular formula is C20H15FN2O3. The van der Waals surface area contributed by atoms with Crippen molar-refractivity contribution >= 4 is 18.0 Å². The van der Waals surface area contributed by atoms with Gasteiger partial charge in [-0.2, -0.15) is 10.1 Å². The quantitative estimate of drug-likeness (QED) is 0.485. The summed E-state index contributed by atoms with van der Waals surface area (Å²) in [4.78, 5) is 25.1. The molecule has 0 N–H and O–H groups in total. The van der Waals surface area contributed by atoms with Crippen molar-refractivity contribution in [3.8, 4) is 11.3 Å². The van der Waals surface area contributed by atoms with Gasteiger partial charge in [0.15, 0.2) is 0 Å². The summed E-state index contributed by atoms with van der Waals surface area (Å²) < 4.78 is 18.7. The van der Waals surface area contributed by atoms with Gasteiger partial charge in [0.1, 0.15) is 17.3 Å². The number of halogens is 1. The molecule has 2 heterocycles. The Bertz CT molecular complexity index is 930. The van der Waals surface area contributed by atoms with Crippen LogP contribution in [0, 0.1) is 29.5 Å². The molecule has 6 heteroatoms. The Balaban J connectivity index is 1.36. The highest BCUT2D eigenvalue weighted by atomic mass is 19.1. The molecule has 4 atom stereocenters. The fourth-order valence-electron chi connectivity index (χ4n) is 4.31. The van der Waals surface area contributed by atoms with Crippen LogP contribution in [0.4, 0.5) is 4.39 Å². The van der Waals surface area contributed by atoms with Crippen LogP contribution in [0.3, 0.4) is 0 Å². The van der Waals surface area contributed by atoms with Crippen LogP contribution in [0.2, 0.25) is 0 Å². The van der Waals surface area contributed by atoms with Crippen molar-refractivity contribution in [3.05, 3.63) is 60.1 Å². The molecule has 0 spiro atoms. The number of furan rings is 1. The summed E-state index contributed by atoms with van der Waals surface area (Å²) >= 11 is 0. The van der Waals surface area contributed by atoms with Crippen molar-refractivity contribution in [1.82, 2.24) is 5.01 Å². The fourth-order valence-corrected chi connectivity index (χ4v) is 4.31. The van der Waals surface area contributed by atoms with Crippen LogP contribution in [-0.4, -0.2) is 23.0 Å². The zero-order chi connectivity index (χ0) is 17.8. The highest BCUT2D eigenvalue weighted by molar-refractivity contribution is 6.06. The second-order valence-corrected chi connectivity index (χ2v) is 6.94. The van der Waals surface area contributed by atoms with Crippen molar-refractivity contribution in [1.29, 1.82) is 0 Å². The van der Waals surface area contributed by atoms with Gasteiger partial charge in [0.25, 0.3) is 11.8 Å². The number of rotatable bonds is 3. The largest absolute Gasteiger partial charge is 0.455 e. The molecule has 5 rings (SSSR count). The zero-order valence-corrected chi connectivity index (χ0v) is 13.7. The van der Waals surface area contributed by atoms with E-state index in [1.807, 2.05) is 12.2 Å². The lowest BCUT2D eigenvalue weighted by Gasteiger charge is -2.13. The number of imide groups is 1. The smallest absolute Gasteiger partial charge is 0.254 e. The second-order valence-electron chi connectivity index (χ2n) is 6.94. The van der Waals surface area contributed by atoms with Gasteiger partial charge in [-0.05, 0) is 54.7 Å². The first-order valence-corrected chi connectivity index (χ1v) is 8.58. The third-order valence-electron chi connectivity index (χ3n) is 5.50. The number of fused-ring (bicyclic) bond motifs is 5. The van der Waals surface area contributed by atoms with E-state index in [4.69, 9.17) is 4.42 Å². The molecule has 5 nitrogen and oxygen atoms in total. The van der Waals surface area contributed by atoms with E-state index >= 15 is 0 Å². The standard InChI is InChI=1S/C20H15FN2O3/c21-14-5-3-11(4-6-14)16-8-7-15(26-16)10-22-23-19(24)17-12-1-2-13(9-12)18(17)20(23)25/h1-8,10,12-13,17-18H,9H2/t12-,13-,17-,18+/m0/s1. The summed E-state index contributed by atoms with van der Waals surface area (Å²) in [6.45, 7) is 0. The van der Waals surface area contributed by atoms with Crippen LogP contribution in [0.15, 0.2) is 58.1 Å². The number of hydrogen-bond acceptors (Lipinski definition) is 4. The molecule has 3 aliphatic rings. The highest BCUT2D eigenvalue weighted by Crippen LogP contribution is 2.52. The number of nitrogens with zero attached hydrogens (tertiary/aromatic N) is 2. The molecule has 2 aliphatic carbocycles. The average molecular weight is 350 g/mol. The average Bonchev–Trinajstić information content (AvgIpc) is 3.40. The zero-order valence-electron chi connectivity index (χ0n) is 13.7. The maximum absolute atomic E-state index is 13.0. The van der Waals surface area contributed by atoms with E-state index in [1.165, 1.54) is 18.3 Å². The van der Waals surface area contributed by atoms with Gasteiger partial charge in [-0.3, -0.25) is 9.59 Å². The van der Waals surface area contributed by atoms with Crippen LogP contribution >= 0.6 is 0 Å². The van der Waals surface area contributed by atoms with Crippen molar-refractivity contribution in [2.45, 2.75) is 6.42 Å². The lowest BCUT2D eigenvalue weighted by atomic mass is 9.85. The van der Waals surface area contributed by atoms with Crippen LogP contribution in [0.1, 0.15) is 12.2 Å². The maximum Gasteiger partial charge on any atom is 0.254 e. The molecule has 2 fully saturated rings. The lowest BCUT2D eigenvalue weighted by Crippen LogP contribution is -2.28. The summed E-state index contributed by atoms with van der Waals surface area (Å²) in [6, 6.07) is 9.38. The second kappa shape index (κ2) is 5.49. The number of hydrogen-bond donors (Lipinski definition) is 0. The Morgan fingerprint density at radius 3 is 2.31 bits per heavy atom. The lowest BCUT2D eigenvalue weighted by molar-refractivity contribution is -0.140. The summed E-state index contributed by atoms with van der Waals surface area (Å²) in [5.74, 6) is 0.0134. The Kier molecular flexibility index (Phi) is 3.22. The van der Waals surface area contributed by atoms with E-state index in [1.54, 1.807) is 24.3 Å². The molecule has 1 saturated heterocycles. The minimum atomic E-state index is -0.317. The summed E-state index contributed by atoms with van der Waals surface area (Å²) in [5.41, 5.74) is 0.733. The van der Waals surface area contributed by atoms with Gasteiger partial charge < -0.3 is 4.42 Å². The Hall–Kier alpha value is -3.02. The highest BCUT2D eigenvalue weighted by Gasteiger charge is 2.59. The van der Waals surface area contributed by atoms with Gasteiger partial charge in [-0.25, -0.2) is 4.39 Å². The monoisotopic (exact) mass is 350 g/mol.